The molecule has 0 aromatic carbocycles. The maximum atomic E-state index is 12.8. The van der Waals surface area contributed by atoms with E-state index in [2.05, 4.69) is 98.9 Å². The summed E-state index contributed by atoms with van der Waals surface area (Å²) >= 11 is 0. The normalized spacial score (nSPS) is 14.0. The molecule has 0 spiro atoms. The van der Waals surface area contributed by atoms with E-state index in [4.69, 9.17) is 18.5 Å². The van der Waals surface area contributed by atoms with Gasteiger partial charge in [0.1, 0.15) is 19.8 Å². The molecule has 9 nitrogen and oxygen atoms in total. The topological polar surface area (TPSA) is 111 Å². The highest BCUT2D eigenvalue weighted by molar-refractivity contribution is 7.45. The van der Waals surface area contributed by atoms with E-state index < -0.39 is 32.5 Å². The lowest BCUT2D eigenvalue weighted by Gasteiger charge is -2.28. The fourth-order valence-corrected chi connectivity index (χ4v) is 8.26. The minimum Gasteiger partial charge on any atom is -0.756 e. The van der Waals surface area contributed by atoms with E-state index in [1.54, 1.807) is 0 Å². The quantitative estimate of drug-likeness (QED) is 0.0195. The summed E-state index contributed by atoms with van der Waals surface area (Å²) in [5, 5.41) is 0. The van der Waals surface area contributed by atoms with Crippen LogP contribution in [0.15, 0.2) is 85.1 Å². The van der Waals surface area contributed by atoms with Gasteiger partial charge in [-0.05, 0) is 89.9 Å². The summed E-state index contributed by atoms with van der Waals surface area (Å²) in [4.78, 5) is 37.8. The molecule has 70 heavy (non-hydrogen) atoms. The number of likely N-dealkylation sites (N-methyl/N-ethyl adjacent to an activating group) is 1. The van der Waals surface area contributed by atoms with Gasteiger partial charge in [-0.2, -0.15) is 0 Å². The third-order valence-electron chi connectivity index (χ3n) is 11.9. The van der Waals surface area contributed by atoms with Gasteiger partial charge in [-0.25, -0.2) is 0 Å². The second-order valence-corrected chi connectivity index (χ2v) is 21.3. The largest absolute Gasteiger partial charge is 0.756 e. The minimum atomic E-state index is -4.64. The number of carbonyl (C=O) groups is 2. The summed E-state index contributed by atoms with van der Waals surface area (Å²) in [6.07, 6.45) is 67.7. The number of carbonyl (C=O) groups excluding carboxylic acids is 2. The smallest absolute Gasteiger partial charge is 0.306 e. The molecule has 0 rings (SSSR count). The summed E-state index contributed by atoms with van der Waals surface area (Å²) < 4.78 is 34.1. The van der Waals surface area contributed by atoms with Crippen LogP contribution in [0.5, 0.6) is 0 Å². The molecule has 0 aromatic rings. The Hall–Kier alpha value is -2.81. The Kier molecular flexibility index (Phi) is 49.1. The van der Waals surface area contributed by atoms with Crippen molar-refractivity contribution in [1.29, 1.82) is 0 Å². The summed E-state index contributed by atoms with van der Waals surface area (Å²) in [5.41, 5.74) is 0. The van der Waals surface area contributed by atoms with Crippen molar-refractivity contribution in [3.63, 3.8) is 0 Å². The molecular weight excluding hydrogens is 894 g/mol. The Morgan fingerprint density at radius 3 is 1.23 bits per heavy atom. The van der Waals surface area contributed by atoms with Crippen LogP contribution in [0.2, 0.25) is 0 Å². The Labute approximate surface area is 431 Å². The van der Waals surface area contributed by atoms with E-state index in [1.165, 1.54) is 103 Å². The van der Waals surface area contributed by atoms with Crippen molar-refractivity contribution < 1.29 is 42.1 Å². The van der Waals surface area contributed by atoms with Crippen LogP contribution in [0, 0.1) is 0 Å². The molecule has 0 saturated carbocycles. The van der Waals surface area contributed by atoms with Crippen molar-refractivity contribution in [2.45, 2.75) is 238 Å². The van der Waals surface area contributed by atoms with Crippen molar-refractivity contribution in [2.75, 3.05) is 47.5 Å². The van der Waals surface area contributed by atoms with Crippen LogP contribution >= 0.6 is 7.82 Å². The SMILES string of the molecule is CC/C=C\C/C=C\C/C=C\C/C=C\C/C=C\C/C=C\CCCCCCCCCCCCCCC(=O)OC(COC(=O)CCCCCCC/C=C\CCCCCCCC)COP(=O)([O-])OCC[N+](C)(C)C. The third kappa shape index (κ3) is 54.5. The molecule has 0 radical (unpaired) electrons. The summed E-state index contributed by atoms with van der Waals surface area (Å²) in [6, 6.07) is 0. The number of hydrogen-bond acceptors (Lipinski definition) is 8. The summed E-state index contributed by atoms with van der Waals surface area (Å²) in [7, 11) is 1.15. The Morgan fingerprint density at radius 1 is 0.457 bits per heavy atom. The summed E-state index contributed by atoms with van der Waals surface area (Å²) in [5.74, 6) is -0.846. The molecule has 0 aromatic heterocycles. The molecule has 0 aliphatic heterocycles. The molecule has 0 amide bonds. The molecule has 0 aliphatic carbocycles. The van der Waals surface area contributed by atoms with Gasteiger partial charge >= 0.3 is 11.9 Å². The average Bonchev–Trinajstić information content (AvgIpc) is 3.32. The van der Waals surface area contributed by atoms with Crippen molar-refractivity contribution in [3.05, 3.63) is 85.1 Å². The van der Waals surface area contributed by atoms with Gasteiger partial charge in [-0.1, -0.05) is 214 Å². The van der Waals surface area contributed by atoms with Gasteiger partial charge in [0.05, 0.1) is 27.7 Å². The van der Waals surface area contributed by atoms with Crippen LogP contribution in [-0.4, -0.2) is 70.0 Å². The fourth-order valence-electron chi connectivity index (χ4n) is 7.54. The van der Waals surface area contributed by atoms with Crippen molar-refractivity contribution in [2.24, 2.45) is 0 Å². The Balaban J connectivity index is 4.14. The molecule has 2 atom stereocenters. The molecule has 2 unspecified atom stereocenters. The molecular formula is C60H106NO8P. The standard InChI is InChI=1S/C60H106NO8P/c1-6-8-10-12-14-16-18-20-22-23-24-25-26-27-28-29-30-31-32-33-34-35-36-37-39-41-43-45-47-49-51-53-60(63)69-58(57-68-70(64,65)67-55-54-61(3,4)5)56-66-59(62)52-50-48-46-44-42-40-38-21-19-17-15-13-11-9-7-2/h8,10,14,16,20-22,24-25,27-28,30-31,38,58H,6-7,9,11-13,15,17-19,23,26,29,32-37,39-57H2,1-5H3/b10-8-,16-14-,22-20-,25-24-,28-27-,31-30-,38-21-. The van der Waals surface area contributed by atoms with Gasteiger partial charge in [0.25, 0.3) is 7.82 Å². The molecule has 0 heterocycles. The lowest BCUT2D eigenvalue weighted by atomic mass is 10.0. The van der Waals surface area contributed by atoms with Crippen LogP contribution in [0.1, 0.15) is 232 Å². The number of allylic oxidation sites excluding steroid dienone is 14. The zero-order valence-electron chi connectivity index (χ0n) is 45.7. The van der Waals surface area contributed by atoms with Gasteiger partial charge in [-0.15, -0.1) is 0 Å². The maximum Gasteiger partial charge on any atom is 0.306 e. The second kappa shape index (κ2) is 51.1. The first-order valence-electron chi connectivity index (χ1n) is 28.3. The summed E-state index contributed by atoms with van der Waals surface area (Å²) in [6.45, 7) is 4.11. The number of phosphoric acid groups is 1. The zero-order valence-corrected chi connectivity index (χ0v) is 46.6. The molecule has 0 N–H and O–H groups in total. The molecule has 0 aliphatic rings. The van der Waals surface area contributed by atoms with Gasteiger partial charge < -0.3 is 27.9 Å². The number of hydrogen-bond donors (Lipinski definition) is 0. The first kappa shape index (κ1) is 67.2. The number of unbranched alkanes of at least 4 members (excludes halogenated alkanes) is 23. The van der Waals surface area contributed by atoms with Crippen LogP contribution in [0.3, 0.4) is 0 Å². The van der Waals surface area contributed by atoms with E-state index in [0.717, 1.165) is 96.3 Å². The number of phosphoric ester groups is 1. The second-order valence-electron chi connectivity index (χ2n) is 19.9. The number of rotatable bonds is 51. The molecule has 0 fully saturated rings. The first-order chi connectivity index (χ1) is 34.0. The number of quaternary nitrogens is 1. The molecule has 404 valence electrons. The van der Waals surface area contributed by atoms with Gasteiger partial charge in [0.15, 0.2) is 6.10 Å². The van der Waals surface area contributed by atoms with Crippen LogP contribution in [0.25, 0.3) is 0 Å². The first-order valence-corrected chi connectivity index (χ1v) is 29.8. The third-order valence-corrected chi connectivity index (χ3v) is 12.9. The van der Waals surface area contributed by atoms with E-state index in [0.29, 0.717) is 17.4 Å². The highest BCUT2D eigenvalue weighted by Gasteiger charge is 2.21. The monoisotopic (exact) mass is 1000 g/mol. The number of esters is 2. The van der Waals surface area contributed by atoms with Crippen molar-refractivity contribution in [3.8, 4) is 0 Å². The van der Waals surface area contributed by atoms with E-state index in [-0.39, 0.29) is 26.1 Å². The molecule has 10 heteroatoms. The van der Waals surface area contributed by atoms with Gasteiger partial charge in [-0.3, -0.25) is 14.2 Å². The van der Waals surface area contributed by atoms with E-state index in [9.17, 15) is 19.0 Å². The Bertz CT molecular complexity index is 1460. The van der Waals surface area contributed by atoms with Gasteiger partial charge in [0, 0.05) is 12.8 Å². The maximum absolute atomic E-state index is 12.8. The predicted molar refractivity (Wildman–Crippen MR) is 296 cm³/mol. The lowest BCUT2D eigenvalue weighted by Crippen LogP contribution is -2.37. The Morgan fingerprint density at radius 2 is 0.814 bits per heavy atom. The van der Waals surface area contributed by atoms with Gasteiger partial charge in [0.2, 0.25) is 0 Å². The zero-order chi connectivity index (χ0) is 51.3. The fraction of sp³-hybridized carbons (Fsp3) is 0.733. The minimum absolute atomic E-state index is 0.0352. The van der Waals surface area contributed by atoms with E-state index >= 15 is 0 Å². The highest BCUT2D eigenvalue weighted by atomic mass is 31.2. The van der Waals surface area contributed by atoms with E-state index in [1.807, 2.05) is 21.1 Å². The van der Waals surface area contributed by atoms with Crippen LogP contribution in [-0.2, 0) is 32.7 Å². The van der Waals surface area contributed by atoms with Crippen LogP contribution < -0.4 is 4.89 Å². The molecule has 0 saturated heterocycles. The average molecular weight is 1000 g/mol. The molecule has 0 bridgehead atoms. The number of nitrogens with zero attached hydrogens (tertiary/aromatic N) is 1. The van der Waals surface area contributed by atoms with Crippen molar-refractivity contribution in [1.82, 2.24) is 0 Å². The lowest BCUT2D eigenvalue weighted by molar-refractivity contribution is -0.870. The van der Waals surface area contributed by atoms with Crippen molar-refractivity contribution >= 4 is 19.8 Å². The van der Waals surface area contributed by atoms with Crippen LogP contribution in [0.4, 0.5) is 0 Å². The highest BCUT2D eigenvalue weighted by Crippen LogP contribution is 2.38. The number of ether oxygens (including phenoxy) is 2. The predicted octanol–water partition coefficient (Wildman–Crippen LogP) is 16.8.